The summed E-state index contributed by atoms with van der Waals surface area (Å²) < 4.78 is 25.6. The zero-order valence-corrected chi connectivity index (χ0v) is 6.80. The molecule has 0 aliphatic rings. The predicted molar refractivity (Wildman–Crippen MR) is 44.8 cm³/mol. The molecule has 0 amide bonds. The summed E-state index contributed by atoms with van der Waals surface area (Å²) in [4.78, 5) is 0. The number of benzene rings is 1. The molecule has 0 saturated heterocycles. The zero-order chi connectivity index (χ0) is 10.0. The molecule has 13 heavy (non-hydrogen) atoms. The Balaban J connectivity index is 3.15. The summed E-state index contributed by atoms with van der Waals surface area (Å²) in [6.45, 7) is -0.415. The van der Waals surface area contributed by atoms with Gasteiger partial charge in [-0.25, -0.2) is 8.78 Å². The second-order valence-corrected chi connectivity index (χ2v) is 2.68. The Hall–Kier alpha value is -1.20. The molecule has 1 atom stereocenters. The Kier molecular flexibility index (Phi) is 2.79. The van der Waals surface area contributed by atoms with E-state index in [0.29, 0.717) is 6.07 Å². The van der Waals surface area contributed by atoms with Gasteiger partial charge in [0.25, 0.3) is 0 Å². The lowest BCUT2D eigenvalue weighted by molar-refractivity contribution is 0.265. The molecular formula is C8H10F2N2O. The average molecular weight is 188 g/mol. The van der Waals surface area contributed by atoms with Crippen LogP contribution in [0.3, 0.4) is 0 Å². The van der Waals surface area contributed by atoms with E-state index in [1.54, 1.807) is 0 Å². The molecule has 1 aromatic rings. The predicted octanol–water partition coefficient (Wildman–Crippen LogP) is 0.539. The standard InChI is InChI=1S/C8H10F2N2O/c9-5-2-6(10)7(11)1-4(5)8(12)3-13/h1-2,8,13H,3,11-12H2/t8-/m1/s1. The lowest BCUT2D eigenvalue weighted by Gasteiger charge is -2.10. The van der Waals surface area contributed by atoms with E-state index in [9.17, 15) is 8.78 Å². The highest BCUT2D eigenvalue weighted by Crippen LogP contribution is 2.20. The second kappa shape index (κ2) is 3.68. The largest absolute Gasteiger partial charge is 0.396 e. The van der Waals surface area contributed by atoms with Crippen molar-refractivity contribution in [2.75, 3.05) is 12.3 Å². The Morgan fingerprint density at radius 1 is 1.31 bits per heavy atom. The second-order valence-electron chi connectivity index (χ2n) is 2.68. The molecule has 1 rings (SSSR count). The minimum atomic E-state index is -0.872. The maximum Gasteiger partial charge on any atom is 0.149 e. The molecule has 3 nitrogen and oxygen atoms in total. The third-order valence-corrected chi connectivity index (χ3v) is 1.71. The monoisotopic (exact) mass is 188 g/mol. The van der Waals surface area contributed by atoms with Crippen LogP contribution in [-0.4, -0.2) is 11.7 Å². The molecule has 0 saturated carbocycles. The van der Waals surface area contributed by atoms with Gasteiger partial charge >= 0.3 is 0 Å². The number of hydrogen-bond acceptors (Lipinski definition) is 3. The van der Waals surface area contributed by atoms with E-state index in [4.69, 9.17) is 16.6 Å². The van der Waals surface area contributed by atoms with Gasteiger partial charge in [0.1, 0.15) is 11.6 Å². The summed E-state index contributed by atoms with van der Waals surface area (Å²) in [5, 5.41) is 8.65. The first-order chi connectivity index (χ1) is 6.06. The molecule has 5 N–H and O–H groups in total. The molecule has 0 aromatic heterocycles. The van der Waals surface area contributed by atoms with Crippen molar-refractivity contribution >= 4 is 5.69 Å². The summed E-state index contributed by atoms with van der Waals surface area (Å²) in [5.41, 5.74) is 10.4. The van der Waals surface area contributed by atoms with Crippen LogP contribution in [0.5, 0.6) is 0 Å². The molecule has 5 heteroatoms. The molecule has 0 aliphatic heterocycles. The smallest absolute Gasteiger partial charge is 0.149 e. The summed E-state index contributed by atoms with van der Waals surface area (Å²) in [6, 6.07) is 0.869. The van der Waals surface area contributed by atoms with Crippen LogP contribution in [0.15, 0.2) is 12.1 Å². The van der Waals surface area contributed by atoms with Crippen LogP contribution in [0.1, 0.15) is 11.6 Å². The number of anilines is 1. The summed E-state index contributed by atoms with van der Waals surface area (Å²) in [6.07, 6.45) is 0. The minimum Gasteiger partial charge on any atom is -0.396 e. The SMILES string of the molecule is Nc1cc([C@H](N)CO)c(F)cc1F. The number of nitrogen functional groups attached to an aromatic ring is 1. The molecule has 0 bridgehead atoms. The van der Waals surface area contributed by atoms with Gasteiger partial charge in [0.2, 0.25) is 0 Å². The number of aliphatic hydroxyl groups is 1. The minimum absolute atomic E-state index is 0.0152. The lowest BCUT2D eigenvalue weighted by atomic mass is 10.1. The van der Waals surface area contributed by atoms with Crippen LogP contribution in [0.2, 0.25) is 0 Å². The Bertz CT molecular complexity index is 317. The maximum atomic E-state index is 13.0. The van der Waals surface area contributed by atoms with Gasteiger partial charge in [0.05, 0.1) is 18.3 Å². The van der Waals surface area contributed by atoms with E-state index in [2.05, 4.69) is 0 Å². The summed E-state index contributed by atoms with van der Waals surface area (Å²) >= 11 is 0. The first-order valence-corrected chi connectivity index (χ1v) is 3.67. The third-order valence-electron chi connectivity index (χ3n) is 1.71. The van der Waals surface area contributed by atoms with E-state index in [1.165, 1.54) is 0 Å². The summed E-state index contributed by atoms with van der Waals surface area (Å²) in [5.74, 6) is -1.63. The zero-order valence-electron chi connectivity index (χ0n) is 6.80. The summed E-state index contributed by atoms with van der Waals surface area (Å²) in [7, 11) is 0. The highest BCUT2D eigenvalue weighted by atomic mass is 19.1. The van der Waals surface area contributed by atoms with Crippen LogP contribution in [-0.2, 0) is 0 Å². The van der Waals surface area contributed by atoms with Crippen LogP contribution in [0.4, 0.5) is 14.5 Å². The van der Waals surface area contributed by atoms with Gasteiger partial charge in [0.15, 0.2) is 0 Å². The number of hydrogen-bond donors (Lipinski definition) is 3. The van der Waals surface area contributed by atoms with E-state index < -0.39 is 24.3 Å². The Labute approximate surface area is 74.0 Å². The average Bonchev–Trinajstić information content (AvgIpc) is 2.10. The van der Waals surface area contributed by atoms with Crippen molar-refractivity contribution in [3.05, 3.63) is 29.3 Å². The highest BCUT2D eigenvalue weighted by molar-refractivity contribution is 5.44. The molecule has 0 heterocycles. The van der Waals surface area contributed by atoms with Crippen LogP contribution >= 0.6 is 0 Å². The lowest BCUT2D eigenvalue weighted by Crippen LogP contribution is -2.16. The van der Waals surface area contributed by atoms with Gasteiger partial charge in [-0.3, -0.25) is 0 Å². The van der Waals surface area contributed by atoms with Gasteiger partial charge in [-0.05, 0) is 6.07 Å². The van der Waals surface area contributed by atoms with Crippen molar-refractivity contribution < 1.29 is 13.9 Å². The molecule has 1 aromatic carbocycles. The fourth-order valence-electron chi connectivity index (χ4n) is 0.966. The molecule has 0 aliphatic carbocycles. The maximum absolute atomic E-state index is 13.0. The number of aliphatic hydroxyl groups excluding tert-OH is 1. The molecule has 0 radical (unpaired) electrons. The molecular weight excluding hydrogens is 178 g/mol. The first-order valence-electron chi connectivity index (χ1n) is 3.67. The molecule has 0 unspecified atom stereocenters. The highest BCUT2D eigenvalue weighted by Gasteiger charge is 2.13. The fourth-order valence-corrected chi connectivity index (χ4v) is 0.966. The Morgan fingerprint density at radius 2 is 1.92 bits per heavy atom. The van der Waals surface area contributed by atoms with Crippen molar-refractivity contribution in [3.8, 4) is 0 Å². The molecule has 0 fully saturated rings. The van der Waals surface area contributed by atoms with Crippen LogP contribution < -0.4 is 11.5 Å². The third kappa shape index (κ3) is 1.93. The van der Waals surface area contributed by atoms with Crippen molar-refractivity contribution in [1.29, 1.82) is 0 Å². The van der Waals surface area contributed by atoms with E-state index in [-0.39, 0.29) is 11.3 Å². The Morgan fingerprint density at radius 3 is 2.46 bits per heavy atom. The van der Waals surface area contributed by atoms with Crippen LogP contribution in [0.25, 0.3) is 0 Å². The first kappa shape index (κ1) is 9.88. The van der Waals surface area contributed by atoms with Gasteiger partial charge in [-0.15, -0.1) is 0 Å². The normalized spacial score (nSPS) is 12.9. The van der Waals surface area contributed by atoms with E-state index in [0.717, 1.165) is 6.07 Å². The van der Waals surface area contributed by atoms with Crippen molar-refractivity contribution in [2.45, 2.75) is 6.04 Å². The molecule has 0 spiro atoms. The fraction of sp³-hybridized carbons (Fsp3) is 0.250. The van der Waals surface area contributed by atoms with Gasteiger partial charge in [-0.1, -0.05) is 0 Å². The quantitative estimate of drug-likeness (QED) is 0.593. The number of nitrogens with two attached hydrogens (primary N) is 2. The van der Waals surface area contributed by atoms with Crippen molar-refractivity contribution in [2.24, 2.45) is 5.73 Å². The number of rotatable bonds is 2. The van der Waals surface area contributed by atoms with E-state index in [1.807, 2.05) is 0 Å². The van der Waals surface area contributed by atoms with E-state index >= 15 is 0 Å². The van der Waals surface area contributed by atoms with Crippen molar-refractivity contribution in [1.82, 2.24) is 0 Å². The molecule has 72 valence electrons. The van der Waals surface area contributed by atoms with Crippen molar-refractivity contribution in [3.63, 3.8) is 0 Å². The topological polar surface area (TPSA) is 72.3 Å². The number of halogens is 2. The van der Waals surface area contributed by atoms with Gasteiger partial charge in [0, 0.05) is 11.6 Å². The van der Waals surface area contributed by atoms with Gasteiger partial charge < -0.3 is 16.6 Å². The van der Waals surface area contributed by atoms with Crippen LogP contribution in [0, 0.1) is 11.6 Å². The van der Waals surface area contributed by atoms with Gasteiger partial charge in [-0.2, -0.15) is 0 Å².